The Morgan fingerprint density at radius 1 is 1.15 bits per heavy atom. The van der Waals surface area contributed by atoms with E-state index in [1.807, 2.05) is 13.8 Å². The minimum Gasteiger partial charge on any atom is -0.463 e. The third-order valence-corrected chi connectivity index (χ3v) is 14.2. The van der Waals surface area contributed by atoms with Crippen LogP contribution in [-0.2, 0) is 14.0 Å². The second kappa shape index (κ2) is 11.5. The van der Waals surface area contributed by atoms with E-state index in [0.717, 1.165) is 55.8 Å². The molecule has 0 aromatic carbocycles. The zero-order valence-electron chi connectivity index (χ0n) is 23.1. The molecule has 34 heavy (non-hydrogen) atoms. The topological polar surface area (TPSA) is 35.5 Å². The molecule has 0 N–H and O–H groups in total. The smallest absolute Gasteiger partial charge is 0.330 e. The van der Waals surface area contributed by atoms with Crippen LogP contribution in [-0.4, -0.2) is 32.4 Å². The number of hydrogen-bond donors (Lipinski definition) is 0. The Kier molecular flexibility index (Phi) is 10.00. The molecular weight excluding hydrogens is 450 g/mol. The Morgan fingerprint density at radius 2 is 1.76 bits per heavy atom. The Hall–Kier alpha value is -0.753. The summed E-state index contributed by atoms with van der Waals surface area (Å²) in [5.41, 5.74) is 0.403. The maximum absolute atomic E-state index is 15.7. The standard InChI is InChI=1S/C28H50F2O3Si/c1-9-32-25(31)20-22-14-13-17-27(8)23(15-16-24(22)27)21(5)28(29,30)19-18-26(6,7)33-34(10-2,11-3)12-4/h20-21,23-24H,9-19H2,1-8H3/b22-20+/t21?,23-,24+,27-/m1/s1. The second-order valence-electron chi connectivity index (χ2n) is 11.7. The van der Waals surface area contributed by atoms with Crippen LogP contribution >= 0.6 is 0 Å². The minimum atomic E-state index is -2.74. The summed E-state index contributed by atoms with van der Waals surface area (Å²) in [6.07, 6.45) is 6.36. The molecule has 4 atom stereocenters. The Labute approximate surface area is 208 Å². The lowest BCUT2D eigenvalue weighted by molar-refractivity contribution is -0.137. The van der Waals surface area contributed by atoms with Crippen molar-refractivity contribution in [2.75, 3.05) is 6.61 Å². The number of fused-ring (bicyclic) bond motifs is 1. The summed E-state index contributed by atoms with van der Waals surface area (Å²) >= 11 is 0. The molecular formula is C28H50F2O3Si. The number of carbonyl (C=O) groups is 1. The third kappa shape index (κ3) is 6.51. The van der Waals surface area contributed by atoms with E-state index in [0.29, 0.717) is 13.0 Å². The van der Waals surface area contributed by atoms with Crippen LogP contribution in [0.15, 0.2) is 11.6 Å². The van der Waals surface area contributed by atoms with Crippen LogP contribution in [0.3, 0.4) is 0 Å². The lowest BCUT2D eigenvalue weighted by atomic mass is 9.60. The summed E-state index contributed by atoms with van der Waals surface area (Å²) in [6, 6.07) is 3.08. The van der Waals surface area contributed by atoms with Crippen LogP contribution in [0.5, 0.6) is 0 Å². The van der Waals surface area contributed by atoms with Gasteiger partial charge in [-0.15, -0.1) is 0 Å². The molecule has 0 bridgehead atoms. The maximum atomic E-state index is 15.7. The van der Waals surface area contributed by atoms with Crippen molar-refractivity contribution < 1.29 is 22.7 Å². The van der Waals surface area contributed by atoms with Gasteiger partial charge in [0.25, 0.3) is 5.92 Å². The number of alkyl halides is 2. The molecule has 2 saturated carbocycles. The van der Waals surface area contributed by atoms with Gasteiger partial charge in [0, 0.05) is 18.4 Å². The molecule has 0 spiro atoms. The van der Waals surface area contributed by atoms with Gasteiger partial charge in [-0.1, -0.05) is 40.2 Å². The fourth-order valence-corrected chi connectivity index (χ4v) is 10.2. The molecule has 2 aliphatic rings. The minimum absolute atomic E-state index is 0.0437. The van der Waals surface area contributed by atoms with Crippen molar-refractivity contribution >= 4 is 14.3 Å². The van der Waals surface area contributed by atoms with Crippen molar-refractivity contribution in [1.82, 2.24) is 0 Å². The van der Waals surface area contributed by atoms with Crippen LogP contribution in [0.25, 0.3) is 0 Å². The molecule has 0 radical (unpaired) electrons. The molecule has 198 valence electrons. The highest BCUT2D eigenvalue weighted by molar-refractivity contribution is 6.73. The number of allylic oxidation sites excluding steroid dienone is 1. The van der Waals surface area contributed by atoms with E-state index in [1.165, 1.54) is 0 Å². The van der Waals surface area contributed by atoms with Crippen molar-refractivity contribution in [3.8, 4) is 0 Å². The van der Waals surface area contributed by atoms with E-state index >= 15 is 8.78 Å². The molecule has 0 saturated heterocycles. The van der Waals surface area contributed by atoms with Crippen LogP contribution in [0.1, 0.15) is 100 Å². The molecule has 0 aromatic heterocycles. The molecule has 2 aliphatic carbocycles. The summed E-state index contributed by atoms with van der Waals surface area (Å²) in [4.78, 5) is 12.1. The summed E-state index contributed by atoms with van der Waals surface area (Å²) in [7, 11) is -1.85. The van der Waals surface area contributed by atoms with E-state index in [2.05, 4.69) is 27.7 Å². The molecule has 0 aromatic rings. The first-order chi connectivity index (χ1) is 15.8. The van der Waals surface area contributed by atoms with Crippen molar-refractivity contribution in [3.05, 3.63) is 11.6 Å². The van der Waals surface area contributed by atoms with Gasteiger partial charge in [-0.2, -0.15) is 0 Å². The summed E-state index contributed by atoms with van der Waals surface area (Å²) in [5.74, 6) is -3.56. The molecule has 1 unspecified atom stereocenters. The number of ether oxygens (including phenoxy) is 1. The van der Waals surface area contributed by atoms with E-state index in [-0.39, 0.29) is 29.6 Å². The molecule has 6 heteroatoms. The van der Waals surface area contributed by atoms with Gasteiger partial charge in [0.2, 0.25) is 0 Å². The van der Waals surface area contributed by atoms with Gasteiger partial charge < -0.3 is 9.16 Å². The molecule has 2 rings (SSSR count). The monoisotopic (exact) mass is 500 g/mol. The number of hydrogen-bond acceptors (Lipinski definition) is 3. The highest BCUT2D eigenvalue weighted by Gasteiger charge is 2.55. The number of carbonyl (C=O) groups excluding carboxylic acids is 1. The Morgan fingerprint density at radius 3 is 2.32 bits per heavy atom. The van der Waals surface area contributed by atoms with E-state index in [4.69, 9.17) is 9.16 Å². The van der Waals surface area contributed by atoms with Crippen LogP contribution in [0.4, 0.5) is 8.78 Å². The normalized spacial score (nSPS) is 28.1. The van der Waals surface area contributed by atoms with Gasteiger partial charge in [0.05, 0.1) is 12.2 Å². The molecule has 2 fully saturated rings. The van der Waals surface area contributed by atoms with Gasteiger partial charge in [-0.3, -0.25) is 0 Å². The largest absolute Gasteiger partial charge is 0.463 e. The lowest BCUT2D eigenvalue weighted by Crippen LogP contribution is -2.46. The van der Waals surface area contributed by atoms with Crippen LogP contribution in [0, 0.1) is 23.2 Å². The average Bonchev–Trinajstić information content (AvgIpc) is 3.14. The van der Waals surface area contributed by atoms with Gasteiger partial charge in [0.15, 0.2) is 8.32 Å². The number of esters is 1. The predicted octanol–water partition coefficient (Wildman–Crippen LogP) is 8.54. The molecule has 3 nitrogen and oxygen atoms in total. The zero-order chi connectivity index (χ0) is 25.8. The highest BCUT2D eigenvalue weighted by atomic mass is 28.4. The first kappa shape index (κ1) is 29.5. The summed E-state index contributed by atoms with van der Waals surface area (Å²) in [6.45, 7) is 16.6. The zero-order valence-corrected chi connectivity index (χ0v) is 24.1. The number of halogens is 2. The summed E-state index contributed by atoms with van der Waals surface area (Å²) < 4.78 is 43.1. The summed E-state index contributed by atoms with van der Waals surface area (Å²) in [5, 5.41) is 0. The van der Waals surface area contributed by atoms with Crippen molar-refractivity contribution in [2.24, 2.45) is 23.2 Å². The van der Waals surface area contributed by atoms with Gasteiger partial charge in [0.1, 0.15) is 0 Å². The van der Waals surface area contributed by atoms with Gasteiger partial charge in [-0.05, 0) is 94.7 Å². The van der Waals surface area contributed by atoms with Crippen molar-refractivity contribution in [1.29, 1.82) is 0 Å². The highest BCUT2D eigenvalue weighted by Crippen LogP contribution is 2.61. The first-order valence-corrected chi connectivity index (χ1v) is 16.3. The van der Waals surface area contributed by atoms with Crippen molar-refractivity contribution in [3.63, 3.8) is 0 Å². The van der Waals surface area contributed by atoms with E-state index in [1.54, 1.807) is 19.9 Å². The molecule has 0 amide bonds. The predicted molar refractivity (Wildman–Crippen MR) is 139 cm³/mol. The second-order valence-corrected chi connectivity index (χ2v) is 16.4. The number of rotatable bonds is 12. The van der Waals surface area contributed by atoms with E-state index < -0.39 is 25.8 Å². The Balaban J connectivity index is 2.12. The molecule has 0 aliphatic heterocycles. The van der Waals surface area contributed by atoms with Crippen LogP contribution in [0.2, 0.25) is 18.1 Å². The van der Waals surface area contributed by atoms with E-state index in [9.17, 15) is 4.79 Å². The average molecular weight is 501 g/mol. The van der Waals surface area contributed by atoms with Crippen molar-refractivity contribution in [2.45, 2.75) is 130 Å². The molecule has 0 heterocycles. The van der Waals surface area contributed by atoms with Gasteiger partial charge in [-0.25, -0.2) is 13.6 Å². The van der Waals surface area contributed by atoms with Crippen LogP contribution < -0.4 is 0 Å². The van der Waals surface area contributed by atoms with Gasteiger partial charge >= 0.3 is 5.97 Å². The lowest BCUT2D eigenvalue weighted by Gasteiger charge is -2.46. The third-order valence-electron chi connectivity index (χ3n) is 9.38. The quantitative estimate of drug-likeness (QED) is 0.153. The Bertz CT molecular complexity index is 708. The first-order valence-electron chi connectivity index (χ1n) is 13.7. The SMILES string of the molecule is CCOC(=O)/C=C1\CCC[C@]2(C)[C@@H](C(C)C(F)(F)CCC(C)(C)O[Si](CC)(CC)CC)CC[C@@H]12. The fraction of sp³-hybridized carbons (Fsp3) is 0.893. The maximum Gasteiger partial charge on any atom is 0.330 e. The fourth-order valence-electron chi connectivity index (χ4n) is 7.00.